The summed E-state index contributed by atoms with van der Waals surface area (Å²) in [5.74, 6) is 0. The van der Waals surface area contributed by atoms with Crippen LogP contribution in [0.25, 0.3) is 11.1 Å². The molecule has 0 bridgehead atoms. The van der Waals surface area contributed by atoms with Crippen LogP contribution < -0.4 is 5.73 Å². The highest BCUT2D eigenvalue weighted by atomic mass is 15.3. The Kier molecular flexibility index (Phi) is 3.82. The number of aryl methyl sites for hydroxylation is 2. The molecule has 0 saturated heterocycles. The Labute approximate surface area is 109 Å². The lowest BCUT2D eigenvalue weighted by molar-refractivity contribution is 0.653. The molecule has 2 aromatic rings. The third kappa shape index (κ3) is 2.79. The molecule has 0 aliphatic rings. The van der Waals surface area contributed by atoms with Crippen molar-refractivity contribution in [3.05, 3.63) is 41.7 Å². The van der Waals surface area contributed by atoms with Gasteiger partial charge in [0.15, 0.2) is 0 Å². The normalized spacial score (nSPS) is 12.7. The number of nitrogens with zero attached hydrogens (tertiary/aromatic N) is 2. The van der Waals surface area contributed by atoms with Gasteiger partial charge in [-0.05, 0) is 38.3 Å². The van der Waals surface area contributed by atoms with Crippen LogP contribution in [0.5, 0.6) is 0 Å². The Bertz CT molecular complexity index is 509. The van der Waals surface area contributed by atoms with Crippen LogP contribution in [-0.4, -0.2) is 15.8 Å². The number of nitrogens with two attached hydrogens (primary N) is 1. The lowest BCUT2D eigenvalue weighted by Gasteiger charge is -2.06. The molecule has 0 spiro atoms. The minimum absolute atomic E-state index is 0.209. The smallest absolute Gasteiger partial charge is 0.0672 e. The quantitative estimate of drug-likeness (QED) is 0.897. The van der Waals surface area contributed by atoms with Crippen molar-refractivity contribution in [1.29, 1.82) is 0 Å². The maximum absolute atomic E-state index is 5.81. The van der Waals surface area contributed by atoms with Gasteiger partial charge in [-0.15, -0.1) is 0 Å². The maximum atomic E-state index is 5.81. The highest BCUT2D eigenvalue weighted by Crippen LogP contribution is 2.23. The fraction of sp³-hybridized carbons (Fsp3) is 0.400. The average molecular weight is 243 g/mol. The first-order valence-corrected chi connectivity index (χ1v) is 6.49. The lowest BCUT2D eigenvalue weighted by Crippen LogP contribution is -2.17. The fourth-order valence-corrected chi connectivity index (χ4v) is 2.16. The second-order valence-electron chi connectivity index (χ2n) is 4.86. The van der Waals surface area contributed by atoms with Crippen LogP contribution in [0.3, 0.4) is 0 Å². The van der Waals surface area contributed by atoms with Crippen LogP contribution in [0.1, 0.15) is 25.1 Å². The van der Waals surface area contributed by atoms with Crippen molar-refractivity contribution in [3.8, 4) is 11.1 Å². The first-order valence-electron chi connectivity index (χ1n) is 6.49. The van der Waals surface area contributed by atoms with E-state index in [2.05, 4.69) is 49.4 Å². The molecule has 3 heteroatoms. The molecule has 0 saturated carbocycles. The molecular weight excluding hydrogens is 222 g/mol. The lowest BCUT2D eigenvalue weighted by atomic mass is 10.0. The van der Waals surface area contributed by atoms with E-state index in [-0.39, 0.29) is 6.04 Å². The Hall–Kier alpha value is -1.61. The van der Waals surface area contributed by atoms with Crippen molar-refractivity contribution in [2.75, 3.05) is 0 Å². The Morgan fingerprint density at radius 1 is 1.28 bits per heavy atom. The maximum Gasteiger partial charge on any atom is 0.0672 e. The first kappa shape index (κ1) is 12.8. The summed E-state index contributed by atoms with van der Waals surface area (Å²) in [7, 11) is 0. The van der Waals surface area contributed by atoms with E-state index in [1.54, 1.807) is 0 Å². The molecule has 96 valence electrons. The number of hydrogen-bond donors (Lipinski definition) is 1. The average Bonchev–Trinajstić information content (AvgIpc) is 2.71. The van der Waals surface area contributed by atoms with Gasteiger partial charge in [-0.3, -0.25) is 4.68 Å². The molecule has 1 aromatic heterocycles. The van der Waals surface area contributed by atoms with Crippen molar-refractivity contribution in [2.24, 2.45) is 5.73 Å². The van der Waals surface area contributed by atoms with Gasteiger partial charge >= 0.3 is 0 Å². The summed E-state index contributed by atoms with van der Waals surface area (Å²) in [6.07, 6.45) is 3.03. The van der Waals surface area contributed by atoms with Gasteiger partial charge in [0.25, 0.3) is 0 Å². The molecular formula is C15H21N3. The summed E-state index contributed by atoms with van der Waals surface area (Å²) in [5, 5.41) is 4.47. The summed E-state index contributed by atoms with van der Waals surface area (Å²) >= 11 is 0. The molecule has 3 nitrogen and oxygen atoms in total. The zero-order valence-electron chi connectivity index (χ0n) is 11.4. The summed E-state index contributed by atoms with van der Waals surface area (Å²) < 4.78 is 1.97. The SMILES string of the molecule is CCn1cc(-c2ccc(CC(C)N)cc2)c(C)n1. The first-order chi connectivity index (χ1) is 8.60. The van der Waals surface area contributed by atoms with Crippen LogP contribution in [-0.2, 0) is 13.0 Å². The van der Waals surface area contributed by atoms with Crippen molar-refractivity contribution in [2.45, 2.75) is 39.8 Å². The van der Waals surface area contributed by atoms with Crippen molar-refractivity contribution >= 4 is 0 Å². The Balaban J connectivity index is 2.25. The number of benzene rings is 1. The van der Waals surface area contributed by atoms with E-state index in [0.29, 0.717) is 0 Å². The highest BCUT2D eigenvalue weighted by molar-refractivity contribution is 5.65. The summed E-state index contributed by atoms with van der Waals surface area (Å²) in [5.41, 5.74) is 10.6. The minimum Gasteiger partial charge on any atom is -0.328 e. The molecule has 1 aromatic carbocycles. The minimum atomic E-state index is 0.209. The molecule has 0 fully saturated rings. The van der Waals surface area contributed by atoms with Gasteiger partial charge in [-0.2, -0.15) is 5.10 Å². The number of aromatic nitrogens is 2. The summed E-state index contributed by atoms with van der Waals surface area (Å²) in [4.78, 5) is 0. The van der Waals surface area contributed by atoms with Crippen molar-refractivity contribution in [1.82, 2.24) is 9.78 Å². The van der Waals surface area contributed by atoms with Gasteiger partial charge in [-0.1, -0.05) is 24.3 Å². The van der Waals surface area contributed by atoms with E-state index in [9.17, 15) is 0 Å². The molecule has 0 aliphatic heterocycles. The molecule has 1 heterocycles. The molecule has 0 aliphatic carbocycles. The number of rotatable bonds is 4. The summed E-state index contributed by atoms with van der Waals surface area (Å²) in [6, 6.07) is 8.83. The summed E-state index contributed by atoms with van der Waals surface area (Å²) in [6.45, 7) is 7.09. The van der Waals surface area contributed by atoms with Crippen LogP contribution in [0.2, 0.25) is 0 Å². The van der Waals surface area contributed by atoms with Crippen LogP contribution in [0.4, 0.5) is 0 Å². The second kappa shape index (κ2) is 5.36. The zero-order valence-corrected chi connectivity index (χ0v) is 11.4. The van der Waals surface area contributed by atoms with Crippen LogP contribution >= 0.6 is 0 Å². The van der Waals surface area contributed by atoms with Crippen LogP contribution in [0, 0.1) is 6.92 Å². The fourth-order valence-electron chi connectivity index (χ4n) is 2.16. The van der Waals surface area contributed by atoms with Gasteiger partial charge in [-0.25, -0.2) is 0 Å². The van der Waals surface area contributed by atoms with E-state index in [4.69, 9.17) is 5.73 Å². The van der Waals surface area contributed by atoms with Gasteiger partial charge in [0.1, 0.15) is 0 Å². The predicted octanol–water partition coefficient (Wildman–Crippen LogP) is 2.77. The van der Waals surface area contributed by atoms with E-state index >= 15 is 0 Å². The topological polar surface area (TPSA) is 43.8 Å². The van der Waals surface area contributed by atoms with Gasteiger partial charge in [0.05, 0.1) is 5.69 Å². The third-order valence-electron chi connectivity index (χ3n) is 3.09. The van der Waals surface area contributed by atoms with E-state index in [1.807, 2.05) is 11.6 Å². The van der Waals surface area contributed by atoms with Gasteiger partial charge in [0.2, 0.25) is 0 Å². The molecule has 0 amide bonds. The molecule has 1 unspecified atom stereocenters. The monoisotopic (exact) mass is 243 g/mol. The van der Waals surface area contributed by atoms with E-state index in [1.165, 1.54) is 16.7 Å². The molecule has 2 N–H and O–H groups in total. The Morgan fingerprint density at radius 2 is 1.94 bits per heavy atom. The van der Waals surface area contributed by atoms with Gasteiger partial charge in [0, 0.05) is 24.3 Å². The molecule has 18 heavy (non-hydrogen) atoms. The van der Waals surface area contributed by atoms with E-state index < -0.39 is 0 Å². The van der Waals surface area contributed by atoms with Crippen molar-refractivity contribution in [3.63, 3.8) is 0 Å². The van der Waals surface area contributed by atoms with Crippen LogP contribution in [0.15, 0.2) is 30.5 Å². The van der Waals surface area contributed by atoms with Gasteiger partial charge < -0.3 is 5.73 Å². The van der Waals surface area contributed by atoms with E-state index in [0.717, 1.165) is 18.7 Å². The molecule has 2 rings (SSSR count). The van der Waals surface area contributed by atoms with Crippen molar-refractivity contribution < 1.29 is 0 Å². The number of hydrogen-bond acceptors (Lipinski definition) is 2. The predicted molar refractivity (Wildman–Crippen MR) is 75.4 cm³/mol. The Morgan fingerprint density at radius 3 is 2.44 bits per heavy atom. The highest BCUT2D eigenvalue weighted by Gasteiger charge is 2.07. The largest absolute Gasteiger partial charge is 0.328 e. The molecule has 0 radical (unpaired) electrons. The standard InChI is InChI=1S/C15H21N3/c1-4-18-10-15(12(3)17-18)14-7-5-13(6-8-14)9-11(2)16/h5-8,10-11H,4,9,16H2,1-3H3. The second-order valence-corrected chi connectivity index (χ2v) is 4.86. The molecule has 1 atom stereocenters. The third-order valence-corrected chi connectivity index (χ3v) is 3.09. The zero-order chi connectivity index (χ0) is 13.1.